The Balaban J connectivity index is 1.47. The summed E-state index contributed by atoms with van der Waals surface area (Å²) in [4.78, 5) is 19.4. The van der Waals surface area contributed by atoms with E-state index in [0.717, 1.165) is 28.5 Å². The summed E-state index contributed by atoms with van der Waals surface area (Å²) in [5, 5.41) is 12.6. The van der Waals surface area contributed by atoms with E-state index in [0.29, 0.717) is 13.2 Å². The van der Waals surface area contributed by atoms with Crippen molar-refractivity contribution in [2.24, 2.45) is 0 Å². The van der Waals surface area contributed by atoms with Crippen molar-refractivity contribution in [2.45, 2.75) is 17.4 Å². The Morgan fingerprint density at radius 1 is 1.31 bits per heavy atom. The Morgan fingerprint density at radius 2 is 2.15 bits per heavy atom. The van der Waals surface area contributed by atoms with Gasteiger partial charge in [0.2, 0.25) is 0 Å². The molecule has 0 unspecified atom stereocenters. The summed E-state index contributed by atoms with van der Waals surface area (Å²) >= 11 is 1.76. The minimum absolute atomic E-state index is 0.217. The Hall–Kier alpha value is -2.09. The van der Waals surface area contributed by atoms with Gasteiger partial charge in [0.05, 0.1) is 25.9 Å². The summed E-state index contributed by atoms with van der Waals surface area (Å²) in [5.74, 6) is 0.953. The molecule has 1 aliphatic heterocycles. The normalized spacial score (nSPS) is 17.6. The minimum Gasteiger partial charge on any atom is -0.389 e. The Kier molecular flexibility index (Phi) is 6.88. The third-order valence-corrected chi connectivity index (χ3v) is 5.01. The zero-order chi connectivity index (χ0) is 18.2. The standard InChI is InChI=1S/C19H23N3O3S/c23-17-13-22(10-11-25-14-17)19(24)21-16-4-6-18(7-5-16)26-12-8-15-3-1-2-9-20-15/h1-7,9,17,23H,8,10-14H2,(H,21,24)/t17-/m0/s1. The number of ether oxygens (including phenoxy) is 1. The number of benzene rings is 1. The number of aliphatic hydroxyl groups excluding tert-OH is 1. The number of pyridine rings is 1. The van der Waals surface area contributed by atoms with Crippen LogP contribution in [-0.4, -0.2) is 59.2 Å². The van der Waals surface area contributed by atoms with E-state index in [2.05, 4.69) is 10.3 Å². The largest absolute Gasteiger partial charge is 0.389 e. The van der Waals surface area contributed by atoms with Crippen LogP contribution in [-0.2, 0) is 11.2 Å². The lowest BCUT2D eigenvalue weighted by Gasteiger charge is -2.21. The van der Waals surface area contributed by atoms with Gasteiger partial charge in [-0.05, 0) is 42.8 Å². The van der Waals surface area contributed by atoms with E-state index in [9.17, 15) is 9.90 Å². The van der Waals surface area contributed by atoms with Crippen LogP contribution in [0.25, 0.3) is 0 Å². The first-order chi connectivity index (χ1) is 12.7. The van der Waals surface area contributed by atoms with E-state index in [1.165, 1.54) is 0 Å². The number of urea groups is 1. The second kappa shape index (κ2) is 9.56. The minimum atomic E-state index is -0.638. The third-order valence-electron chi connectivity index (χ3n) is 3.99. The zero-order valence-corrected chi connectivity index (χ0v) is 15.3. The van der Waals surface area contributed by atoms with Crippen molar-refractivity contribution in [3.63, 3.8) is 0 Å². The number of carbonyl (C=O) groups excluding carboxylic acids is 1. The van der Waals surface area contributed by atoms with Gasteiger partial charge in [-0.2, -0.15) is 0 Å². The quantitative estimate of drug-likeness (QED) is 0.788. The highest BCUT2D eigenvalue weighted by Crippen LogP contribution is 2.21. The van der Waals surface area contributed by atoms with Gasteiger partial charge >= 0.3 is 6.03 Å². The van der Waals surface area contributed by atoms with Crippen LogP contribution in [0.3, 0.4) is 0 Å². The van der Waals surface area contributed by atoms with E-state index < -0.39 is 6.10 Å². The number of anilines is 1. The summed E-state index contributed by atoms with van der Waals surface area (Å²) in [6.45, 7) is 1.47. The molecule has 2 aromatic rings. The lowest BCUT2D eigenvalue weighted by molar-refractivity contribution is 0.0575. The number of aryl methyl sites for hydroxylation is 1. The van der Waals surface area contributed by atoms with E-state index in [4.69, 9.17) is 4.74 Å². The van der Waals surface area contributed by atoms with Crippen LogP contribution in [0.4, 0.5) is 10.5 Å². The second-order valence-corrected chi connectivity index (χ2v) is 7.22. The summed E-state index contributed by atoms with van der Waals surface area (Å²) in [5.41, 5.74) is 1.83. The van der Waals surface area contributed by atoms with Gasteiger partial charge in [0.25, 0.3) is 0 Å². The van der Waals surface area contributed by atoms with Gasteiger partial charge in [0.1, 0.15) is 0 Å². The highest BCUT2D eigenvalue weighted by molar-refractivity contribution is 7.99. The average Bonchev–Trinajstić information content (AvgIpc) is 2.89. The average molecular weight is 373 g/mol. The van der Waals surface area contributed by atoms with Crippen molar-refractivity contribution in [1.29, 1.82) is 0 Å². The maximum atomic E-state index is 12.3. The number of hydrogen-bond acceptors (Lipinski definition) is 5. The predicted octanol–water partition coefficient (Wildman–Crippen LogP) is 2.64. The molecule has 0 saturated carbocycles. The van der Waals surface area contributed by atoms with Crippen molar-refractivity contribution < 1.29 is 14.6 Å². The van der Waals surface area contributed by atoms with Crippen LogP contribution in [0.5, 0.6) is 0 Å². The molecular formula is C19H23N3O3S. The maximum Gasteiger partial charge on any atom is 0.322 e. The molecule has 2 heterocycles. The first kappa shape index (κ1) is 18.7. The number of β-amino-alcohol motifs (C(OH)–C–C–N with tert-alkyl or cyclic N) is 1. The molecule has 0 radical (unpaired) electrons. The molecule has 0 aliphatic carbocycles. The number of thioether (sulfide) groups is 1. The van der Waals surface area contributed by atoms with E-state index in [1.54, 1.807) is 16.7 Å². The van der Waals surface area contributed by atoms with Crippen molar-refractivity contribution in [3.05, 3.63) is 54.4 Å². The van der Waals surface area contributed by atoms with Crippen molar-refractivity contribution in [2.75, 3.05) is 37.4 Å². The van der Waals surface area contributed by atoms with Gasteiger partial charge in [-0.1, -0.05) is 6.07 Å². The summed E-state index contributed by atoms with van der Waals surface area (Å²) in [6.07, 6.45) is 2.09. The molecule has 3 rings (SSSR count). The molecule has 1 atom stereocenters. The van der Waals surface area contributed by atoms with E-state index in [1.807, 2.05) is 48.7 Å². The fourth-order valence-corrected chi connectivity index (χ4v) is 3.51. The molecule has 6 nitrogen and oxygen atoms in total. The Bertz CT molecular complexity index is 697. The molecule has 7 heteroatoms. The molecule has 1 saturated heterocycles. The van der Waals surface area contributed by atoms with Crippen LogP contribution in [0.15, 0.2) is 53.6 Å². The number of rotatable bonds is 5. The number of hydrogen-bond donors (Lipinski definition) is 2. The molecule has 1 fully saturated rings. The predicted molar refractivity (Wildman–Crippen MR) is 103 cm³/mol. The van der Waals surface area contributed by atoms with E-state index >= 15 is 0 Å². The van der Waals surface area contributed by atoms with E-state index in [-0.39, 0.29) is 19.2 Å². The molecule has 2 amide bonds. The fourth-order valence-electron chi connectivity index (χ4n) is 2.63. The van der Waals surface area contributed by atoms with Gasteiger partial charge in [0, 0.05) is 34.8 Å². The maximum absolute atomic E-state index is 12.3. The van der Waals surface area contributed by atoms with Crippen molar-refractivity contribution in [1.82, 2.24) is 9.88 Å². The summed E-state index contributed by atoms with van der Waals surface area (Å²) in [6, 6.07) is 13.5. The fraction of sp³-hybridized carbons (Fsp3) is 0.368. The number of aliphatic hydroxyl groups is 1. The van der Waals surface area contributed by atoms with Crippen LogP contribution in [0, 0.1) is 0 Å². The third kappa shape index (κ3) is 5.72. The number of nitrogens with one attached hydrogen (secondary N) is 1. The lowest BCUT2D eigenvalue weighted by atomic mass is 10.3. The molecule has 1 aromatic carbocycles. The lowest BCUT2D eigenvalue weighted by Crippen LogP contribution is -2.40. The SMILES string of the molecule is O=C(Nc1ccc(SCCc2ccccn2)cc1)N1CCOC[C@@H](O)C1. The highest BCUT2D eigenvalue weighted by Gasteiger charge is 2.20. The second-order valence-electron chi connectivity index (χ2n) is 6.05. The van der Waals surface area contributed by atoms with Crippen LogP contribution < -0.4 is 5.32 Å². The van der Waals surface area contributed by atoms with Gasteiger partial charge in [0.15, 0.2) is 0 Å². The van der Waals surface area contributed by atoms with Gasteiger partial charge in [-0.15, -0.1) is 11.8 Å². The molecular weight excluding hydrogens is 350 g/mol. The Morgan fingerprint density at radius 3 is 2.92 bits per heavy atom. The van der Waals surface area contributed by atoms with Crippen molar-refractivity contribution >= 4 is 23.5 Å². The molecule has 1 aliphatic rings. The van der Waals surface area contributed by atoms with Gasteiger partial charge in [-0.3, -0.25) is 4.98 Å². The van der Waals surface area contributed by atoms with Crippen LogP contribution in [0.1, 0.15) is 5.69 Å². The number of nitrogens with zero attached hydrogens (tertiary/aromatic N) is 2. The van der Waals surface area contributed by atoms with Gasteiger partial charge < -0.3 is 20.1 Å². The monoisotopic (exact) mass is 373 g/mol. The first-order valence-electron chi connectivity index (χ1n) is 8.65. The topological polar surface area (TPSA) is 74.7 Å². The molecule has 26 heavy (non-hydrogen) atoms. The van der Waals surface area contributed by atoms with Crippen LogP contribution in [0.2, 0.25) is 0 Å². The molecule has 138 valence electrons. The van der Waals surface area contributed by atoms with Crippen LogP contribution >= 0.6 is 11.8 Å². The summed E-state index contributed by atoms with van der Waals surface area (Å²) in [7, 11) is 0. The van der Waals surface area contributed by atoms with Crippen molar-refractivity contribution in [3.8, 4) is 0 Å². The zero-order valence-electron chi connectivity index (χ0n) is 14.5. The first-order valence-corrected chi connectivity index (χ1v) is 9.64. The number of amides is 2. The molecule has 1 aromatic heterocycles. The number of carbonyl (C=O) groups is 1. The summed E-state index contributed by atoms with van der Waals surface area (Å²) < 4.78 is 5.24. The molecule has 2 N–H and O–H groups in total. The molecule has 0 bridgehead atoms. The smallest absolute Gasteiger partial charge is 0.322 e. The molecule has 0 spiro atoms. The highest BCUT2D eigenvalue weighted by atomic mass is 32.2. The number of aromatic nitrogens is 1. The van der Waals surface area contributed by atoms with Gasteiger partial charge in [-0.25, -0.2) is 4.79 Å². The Labute approximate surface area is 157 Å².